The maximum absolute atomic E-state index is 13.8. The molecule has 0 aliphatic carbocycles. The molecule has 18 heavy (non-hydrogen) atoms. The topological polar surface area (TPSA) is 48.1 Å². The van der Waals surface area contributed by atoms with E-state index in [1.54, 1.807) is 31.3 Å². The van der Waals surface area contributed by atoms with E-state index in [0.29, 0.717) is 24.4 Å². The molecular weight excluding hydrogens is 231 g/mol. The zero-order chi connectivity index (χ0) is 13.0. The van der Waals surface area contributed by atoms with Gasteiger partial charge >= 0.3 is 0 Å². The van der Waals surface area contributed by atoms with Crippen LogP contribution in [0.15, 0.2) is 36.5 Å². The lowest BCUT2D eigenvalue weighted by molar-refractivity contribution is 0.421. The van der Waals surface area contributed by atoms with Gasteiger partial charge in [-0.3, -0.25) is 0 Å². The van der Waals surface area contributed by atoms with Crippen LogP contribution in [0, 0.1) is 12.7 Å². The molecule has 0 saturated heterocycles. The molecule has 0 saturated carbocycles. The van der Waals surface area contributed by atoms with E-state index in [2.05, 4.69) is 4.98 Å². The molecule has 2 aromatic rings. The smallest absolute Gasteiger partial charge is 0.222 e. The van der Waals surface area contributed by atoms with E-state index in [0.717, 1.165) is 5.56 Å². The summed E-state index contributed by atoms with van der Waals surface area (Å²) in [6, 6.07) is 8.72. The van der Waals surface area contributed by atoms with Gasteiger partial charge in [-0.2, -0.15) is 0 Å². The second kappa shape index (κ2) is 5.60. The third-order valence-corrected chi connectivity index (χ3v) is 2.63. The van der Waals surface area contributed by atoms with Crippen LogP contribution in [0.2, 0.25) is 0 Å². The first kappa shape index (κ1) is 12.5. The summed E-state index contributed by atoms with van der Waals surface area (Å²) in [6.07, 6.45) is 2.26. The van der Waals surface area contributed by atoms with E-state index in [1.807, 2.05) is 12.1 Å². The fraction of sp³-hybridized carbons (Fsp3) is 0.214. The van der Waals surface area contributed by atoms with Crippen LogP contribution in [0.4, 0.5) is 4.39 Å². The number of rotatable bonds is 4. The Kier molecular flexibility index (Phi) is 3.89. The van der Waals surface area contributed by atoms with Crippen LogP contribution in [-0.4, -0.2) is 11.5 Å². The van der Waals surface area contributed by atoms with Crippen LogP contribution in [0.25, 0.3) is 0 Å². The van der Waals surface area contributed by atoms with Crippen molar-refractivity contribution in [2.24, 2.45) is 5.73 Å². The van der Waals surface area contributed by atoms with Gasteiger partial charge in [-0.1, -0.05) is 18.2 Å². The lowest BCUT2D eigenvalue weighted by Gasteiger charge is -2.10. The summed E-state index contributed by atoms with van der Waals surface area (Å²) in [4.78, 5) is 4.12. The van der Waals surface area contributed by atoms with E-state index >= 15 is 0 Å². The van der Waals surface area contributed by atoms with E-state index < -0.39 is 0 Å². The minimum Gasteiger partial charge on any atom is -0.436 e. The molecule has 0 unspecified atom stereocenters. The van der Waals surface area contributed by atoms with Gasteiger partial charge in [-0.25, -0.2) is 9.37 Å². The summed E-state index contributed by atoms with van der Waals surface area (Å²) in [5, 5.41) is 0. The zero-order valence-corrected chi connectivity index (χ0v) is 10.2. The molecule has 0 bridgehead atoms. The van der Waals surface area contributed by atoms with Gasteiger partial charge in [0.1, 0.15) is 0 Å². The maximum Gasteiger partial charge on any atom is 0.222 e. The highest BCUT2D eigenvalue weighted by Crippen LogP contribution is 2.27. The summed E-state index contributed by atoms with van der Waals surface area (Å²) in [7, 11) is 0. The molecule has 2 N–H and O–H groups in total. The van der Waals surface area contributed by atoms with Crippen LogP contribution in [0.5, 0.6) is 11.6 Å². The molecule has 4 heteroatoms. The second-order valence-electron chi connectivity index (χ2n) is 4.00. The van der Waals surface area contributed by atoms with Crippen molar-refractivity contribution in [1.29, 1.82) is 0 Å². The molecule has 0 spiro atoms. The molecule has 0 amide bonds. The summed E-state index contributed by atoms with van der Waals surface area (Å²) in [5.74, 6) is 0.237. The third kappa shape index (κ3) is 2.65. The molecule has 3 nitrogen and oxygen atoms in total. The Morgan fingerprint density at radius 1 is 1.28 bits per heavy atom. The first-order valence-electron chi connectivity index (χ1n) is 5.79. The monoisotopic (exact) mass is 246 g/mol. The summed E-state index contributed by atoms with van der Waals surface area (Å²) >= 11 is 0. The maximum atomic E-state index is 13.8. The van der Waals surface area contributed by atoms with Gasteiger partial charge in [0.25, 0.3) is 0 Å². The first-order valence-corrected chi connectivity index (χ1v) is 5.79. The van der Waals surface area contributed by atoms with Crippen molar-refractivity contribution in [2.75, 3.05) is 6.54 Å². The predicted molar refractivity (Wildman–Crippen MR) is 68.2 cm³/mol. The summed E-state index contributed by atoms with van der Waals surface area (Å²) in [5.41, 5.74) is 6.94. The standard InChI is InChI=1S/C14H15FN2O/c1-10-4-2-6-12(13(10)15)18-14-11(7-8-16)5-3-9-17-14/h2-6,9H,7-8,16H2,1H3. The highest BCUT2D eigenvalue weighted by molar-refractivity contribution is 5.35. The fourth-order valence-electron chi connectivity index (χ4n) is 1.67. The quantitative estimate of drug-likeness (QED) is 0.902. The van der Waals surface area contributed by atoms with Gasteiger partial charge < -0.3 is 10.5 Å². The molecule has 0 atom stereocenters. The SMILES string of the molecule is Cc1cccc(Oc2ncccc2CCN)c1F. The lowest BCUT2D eigenvalue weighted by atomic mass is 10.2. The molecular formula is C14H15FN2O. The van der Waals surface area contributed by atoms with Gasteiger partial charge in [-0.15, -0.1) is 0 Å². The number of aryl methyl sites for hydroxylation is 1. The molecule has 0 aliphatic heterocycles. The highest BCUT2D eigenvalue weighted by Gasteiger charge is 2.10. The van der Waals surface area contributed by atoms with Crippen LogP contribution in [-0.2, 0) is 6.42 Å². The highest BCUT2D eigenvalue weighted by atomic mass is 19.1. The Hall–Kier alpha value is -1.94. The largest absolute Gasteiger partial charge is 0.436 e. The molecule has 0 radical (unpaired) electrons. The molecule has 1 heterocycles. The van der Waals surface area contributed by atoms with Crippen molar-refractivity contribution in [1.82, 2.24) is 4.98 Å². The van der Waals surface area contributed by atoms with Crippen molar-refractivity contribution in [2.45, 2.75) is 13.3 Å². The van der Waals surface area contributed by atoms with E-state index in [4.69, 9.17) is 10.5 Å². The van der Waals surface area contributed by atoms with Crippen molar-refractivity contribution < 1.29 is 9.13 Å². The third-order valence-electron chi connectivity index (χ3n) is 2.63. The predicted octanol–water partition coefficient (Wildman–Crippen LogP) is 2.82. The Labute approximate surface area is 105 Å². The van der Waals surface area contributed by atoms with E-state index in [9.17, 15) is 4.39 Å². The van der Waals surface area contributed by atoms with Crippen LogP contribution in [0.3, 0.4) is 0 Å². The molecule has 94 valence electrons. The Bertz CT molecular complexity index is 543. The van der Waals surface area contributed by atoms with Gasteiger partial charge in [0.2, 0.25) is 5.88 Å². The first-order chi connectivity index (χ1) is 8.72. The van der Waals surface area contributed by atoms with Crippen molar-refractivity contribution in [3.63, 3.8) is 0 Å². The Morgan fingerprint density at radius 3 is 2.89 bits per heavy atom. The fourth-order valence-corrected chi connectivity index (χ4v) is 1.67. The average Bonchev–Trinajstić information content (AvgIpc) is 2.37. The lowest BCUT2D eigenvalue weighted by Crippen LogP contribution is -2.05. The minimum absolute atomic E-state index is 0.187. The van der Waals surface area contributed by atoms with Gasteiger partial charge in [0.05, 0.1) is 0 Å². The molecule has 1 aromatic carbocycles. The average molecular weight is 246 g/mol. The number of ether oxygens (including phenoxy) is 1. The van der Waals surface area contributed by atoms with E-state index in [-0.39, 0.29) is 11.6 Å². The molecule has 0 fully saturated rings. The Balaban J connectivity index is 2.31. The van der Waals surface area contributed by atoms with Gasteiger partial charge in [-0.05, 0) is 37.6 Å². The normalized spacial score (nSPS) is 10.4. The minimum atomic E-state index is -0.359. The number of hydrogen-bond acceptors (Lipinski definition) is 3. The van der Waals surface area contributed by atoms with Crippen LogP contribution >= 0.6 is 0 Å². The molecule has 1 aromatic heterocycles. The summed E-state index contributed by atoms with van der Waals surface area (Å²) < 4.78 is 19.4. The van der Waals surface area contributed by atoms with Crippen LogP contribution < -0.4 is 10.5 Å². The zero-order valence-electron chi connectivity index (χ0n) is 10.2. The summed E-state index contributed by atoms with van der Waals surface area (Å²) in [6.45, 7) is 2.19. The van der Waals surface area contributed by atoms with Crippen molar-refractivity contribution in [3.05, 3.63) is 53.5 Å². The number of aromatic nitrogens is 1. The number of pyridine rings is 1. The number of benzene rings is 1. The van der Waals surface area contributed by atoms with Gasteiger partial charge in [0.15, 0.2) is 11.6 Å². The van der Waals surface area contributed by atoms with Crippen LogP contribution in [0.1, 0.15) is 11.1 Å². The molecule has 2 rings (SSSR count). The van der Waals surface area contributed by atoms with Crippen molar-refractivity contribution in [3.8, 4) is 11.6 Å². The van der Waals surface area contributed by atoms with Gasteiger partial charge in [0, 0.05) is 11.8 Å². The number of nitrogens with two attached hydrogens (primary N) is 1. The second-order valence-corrected chi connectivity index (χ2v) is 4.00. The number of hydrogen-bond donors (Lipinski definition) is 1. The molecule has 0 aliphatic rings. The van der Waals surface area contributed by atoms with Crippen molar-refractivity contribution >= 4 is 0 Å². The Morgan fingerprint density at radius 2 is 2.11 bits per heavy atom. The number of halogens is 1. The van der Waals surface area contributed by atoms with E-state index in [1.165, 1.54) is 0 Å². The number of nitrogens with zero attached hydrogens (tertiary/aromatic N) is 1.